The van der Waals surface area contributed by atoms with E-state index in [-0.39, 0.29) is 5.91 Å². The van der Waals surface area contributed by atoms with Gasteiger partial charge in [-0.05, 0) is 13.3 Å². The quantitative estimate of drug-likeness (QED) is 0.687. The van der Waals surface area contributed by atoms with Gasteiger partial charge in [-0.2, -0.15) is 5.26 Å². The Kier molecular flexibility index (Phi) is 7.51. The van der Waals surface area contributed by atoms with E-state index in [4.69, 9.17) is 5.26 Å². The molecule has 0 saturated heterocycles. The molecular weight excluding hydrogens is 152 g/mol. The molecule has 1 atom stereocenters. The second-order valence-corrected chi connectivity index (χ2v) is 2.48. The van der Waals surface area contributed by atoms with Crippen LogP contribution in [-0.4, -0.2) is 11.4 Å². The summed E-state index contributed by atoms with van der Waals surface area (Å²) in [6.45, 7) is 8.97. The van der Waals surface area contributed by atoms with E-state index in [0.717, 1.165) is 0 Å². The zero-order chi connectivity index (χ0) is 10.2. The molecule has 1 amide bonds. The summed E-state index contributed by atoms with van der Waals surface area (Å²) < 4.78 is 0. The van der Waals surface area contributed by atoms with Crippen molar-refractivity contribution in [1.29, 1.82) is 5.26 Å². The summed E-state index contributed by atoms with van der Waals surface area (Å²) in [6.07, 6.45) is 0.628. The van der Waals surface area contributed by atoms with E-state index in [1.165, 1.54) is 6.92 Å². The van der Waals surface area contributed by atoms with Gasteiger partial charge in [0.1, 0.15) is 5.54 Å². The van der Waals surface area contributed by atoms with Crippen LogP contribution in [0.25, 0.3) is 0 Å². The molecule has 0 fully saturated rings. The number of hydrogen-bond donors (Lipinski definition) is 1. The molecule has 12 heavy (non-hydrogen) atoms. The maximum atomic E-state index is 10.5. The second-order valence-electron chi connectivity index (χ2n) is 2.48. The molecule has 0 bridgehead atoms. The Balaban J connectivity index is 0. The summed E-state index contributed by atoms with van der Waals surface area (Å²) in [5.74, 6) is -0.161. The van der Waals surface area contributed by atoms with Gasteiger partial charge in [0.25, 0.3) is 0 Å². The van der Waals surface area contributed by atoms with E-state index in [1.807, 2.05) is 26.8 Å². The van der Waals surface area contributed by atoms with Crippen molar-refractivity contribution < 1.29 is 4.79 Å². The van der Waals surface area contributed by atoms with Crippen molar-refractivity contribution in [1.82, 2.24) is 5.32 Å². The number of carbonyl (C=O) groups excluding carboxylic acids is 1. The Labute approximate surface area is 74.8 Å². The van der Waals surface area contributed by atoms with Crippen molar-refractivity contribution in [3.63, 3.8) is 0 Å². The van der Waals surface area contributed by atoms with Crippen LogP contribution in [0.1, 0.15) is 41.0 Å². The Morgan fingerprint density at radius 3 is 2.08 bits per heavy atom. The van der Waals surface area contributed by atoms with E-state index in [9.17, 15) is 4.79 Å². The van der Waals surface area contributed by atoms with Crippen molar-refractivity contribution >= 4 is 5.91 Å². The van der Waals surface area contributed by atoms with Gasteiger partial charge in [0.15, 0.2) is 0 Å². The van der Waals surface area contributed by atoms with Gasteiger partial charge in [-0.25, -0.2) is 0 Å². The number of amides is 1. The van der Waals surface area contributed by atoms with Gasteiger partial charge in [0.05, 0.1) is 6.07 Å². The van der Waals surface area contributed by atoms with Crippen LogP contribution in [0.5, 0.6) is 0 Å². The van der Waals surface area contributed by atoms with Crippen LogP contribution in [-0.2, 0) is 4.79 Å². The first-order valence-electron chi connectivity index (χ1n) is 4.24. The van der Waals surface area contributed by atoms with Crippen molar-refractivity contribution in [3.8, 4) is 6.07 Å². The average Bonchev–Trinajstić information content (AvgIpc) is 2.07. The minimum absolute atomic E-state index is 0.161. The van der Waals surface area contributed by atoms with Crippen molar-refractivity contribution in [2.75, 3.05) is 0 Å². The average molecular weight is 170 g/mol. The Morgan fingerprint density at radius 2 is 2.00 bits per heavy atom. The lowest BCUT2D eigenvalue weighted by molar-refractivity contribution is -0.120. The van der Waals surface area contributed by atoms with Crippen LogP contribution >= 0.6 is 0 Å². The molecule has 0 rings (SSSR count). The van der Waals surface area contributed by atoms with Gasteiger partial charge >= 0.3 is 0 Å². The molecule has 0 aliphatic carbocycles. The highest BCUT2D eigenvalue weighted by atomic mass is 16.1. The third-order valence-corrected chi connectivity index (χ3v) is 1.41. The lowest BCUT2D eigenvalue weighted by atomic mass is 10.0. The van der Waals surface area contributed by atoms with Crippen molar-refractivity contribution in [2.24, 2.45) is 0 Å². The van der Waals surface area contributed by atoms with Crippen LogP contribution in [0.3, 0.4) is 0 Å². The van der Waals surface area contributed by atoms with E-state index in [2.05, 4.69) is 5.32 Å². The minimum Gasteiger partial charge on any atom is -0.338 e. The van der Waals surface area contributed by atoms with Gasteiger partial charge in [-0.15, -0.1) is 0 Å². The SMILES string of the molecule is CC.CCC(C)(C#N)NC(C)=O. The van der Waals surface area contributed by atoms with E-state index in [1.54, 1.807) is 6.92 Å². The zero-order valence-electron chi connectivity index (χ0n) is 8.56. The molecule has 0 aliphatic rings. The van der Waals surface area contributed by atoms with Crippen LogP contribution in [0.15, 0.2) is 0 Å². The Bertz CT molecular complexity index is 172. The summed E-state index contributed by atoms with van der Waals surface area (Å²) in [5.41, 5.74) is -0.689. The largest absolute Gasteiger partial charge is 0.338 e. The molecule has 0 radical (unpaired) electrons. The van der Waals surface area contributed by atoms with Gasteiger partial charge in [0, 0.05) is 6.92 Å². The molecule has 1 N–H and O–H groups in total. The number of nitrogens with one attached hydrogen (secondary N) is 1. The van der Waals surface area contributed by atoms with Crippen LogP contribution in [0.2, 0.25) is 0 Å². The molecule has 3 nitrogen and oxygen atoms in total. The monoisotopic (exact) mass is 170 g/mol. The molecule has 0 aromatic heterocycles. The van der Waals surface area contributed by atoms with Gasteiger partial charge in [0.2, 0.25) is 5.91 Å². The number of carbonyl (C=O) groups is 1. The summed E-state index contributed by atoms with van der Waals surface area (Å²) in [4.78, 5) is 10.5. The van der Waals surface area contributed by atoms with Crippen LogP contribution in [0.4, 0.5) is 0 Å². The van der Waals surface area contributed by atoms with Gasteiger partial charge in [-0.3, -0.25) is 4.79 Å². The summed E-state index contributed by atoms with van der Waals surface area (Å²) in [5, 5.41) is 11.1. The van der Waals surface area contributed by atoms with Crippen molar-refractivity contribution in [2.45, 2.75) is 46.6 Å². The highest BCUT2D eigenvalue weighted by molar-refractivity contribution is 5.74. The molecule has 0 spiro atoms. The predicted octanol–water partition coefficient (Wildman–Crippen LogP) is 1.84. The number of rotatable bonds is 2. The fourth-order valence-electron chi connectivity index (χ4n) is 0.584. The summed E-state index contributed by atoms with van der Waals surface area (Å²) >= 11 is 0. The normalized spacial score (nSPS) is 13.0. The maximum absolute atomic E-state index is 10.5. The predicted molar refractivity (Wildman–Crippen MR) is 49.5 cm³/mol. The number of hydrogen-bond acceptors (Lipinski definition) is 2. The first-order valence-corrected chi connectivity index (χ1v) is 4.24. The maximum Gasteiger partial charge on any atom is 0.218 e. The van der Waals surface area contributed by atoms with E-state index < -0.39 is 5.54 Å². The zero-order valence-corrected chi connectivity index (χ0v) is 8.56. The third kappa shape index (κ3) is 5.72. The van der Waals surface area contributed by atoms with Crippen molar-refractivity contribution in [3.05, 3.63) is 0 Å². The lowest BCUT2D eigenvalue weighted by Gasteiger charge is -2.19. The molecule has 0 aromatic carbocycles. The smallest absolute Gasteiger partial charge is 0.218 e. The molecule has 70 valence electrons. The minimum atomic E-state index is -0.689. The fourth-order valence-corrected chi connectivity index (χ4v) is 0.584. The summed E-state index contributed by atoms with van der Waals surface area (Å²) in [6, 6.07) is 2.03. The molecule has 0 aromatic rings. The lowest BCUT2D eigenvalue weighted by Crippen LogP contribution is -2.42. The number of nitriles is 1. The standard InChI is InChI=1S/C7H12N2O.C2H6/c1-4-7(3,5-8)9-6(2)10;1-2/h4H2,1-3H3,(H,9,10);1-2H3. The first kappa shape index (κ1) is 13.5. The van der Waals surface area contributed by atoms with Gasteiger partial charge < -0.3 is 5.32 Å². The van der Waals surface area contributed by atoms with E-state index >= 15 is 0 Å². The third-order valence-electron chi connectivity index (χ3n) is 1.41. The van der Waals surface area contributed by atoms with Gasteiger partial charge in [-0.1, -0.05) is 20.8 Å². The topological polar surface area (TPSA) is 52.9 Å². The molecule has 0 heterocycles. The first-order chi connectivity index (χ1) is 5.54. The summed E-state index contributed by atoms with van der Waals surface area (Å²) in [7, 11) is 0. The Morgan fingerprint density at radius 1 is 1.58 bits per heavy atom. The highest BCUT2D eigenvalue weighted by Crippen LogP contribution is 2.05. The molecular formula is C9H18N2O. The fraction of sp³-hybridized carbons (Fsp3) is 0.778. The Hall–Kier alpha value is -1.04. The second kappa shape index (κ2) is 6.66. The van der Waals surface area contributed by atoms with Crippen LogP contribution < -0.4 is 5.32 Å². The highest BCUT2D eigenvalue weighted by Gasteiger charge is 2.21. The molecule has 0 aliphatic heterocycles. The van der Waals surface area contributed by atoms with E-state index in [0.29, 0.717) is 6.42 Å². The van der Waals surface area contributed by atoms with Crippen LogP contribution in [0, 0.1) is 11.3 Å². The number of nitrogens with zero attached hydrogens (tertiary/aromatic N) is 1. The molecule has 1 unspecified atom stereocenters. The molecule has 3 heteroatoms. The molecule has 0 saturated carbocycles.